The predicted molar refractivity (Wildman–Crippen MR) is 227 cm³/mol. The number of imide groups is 2. The van der Waals surface area contributed by atoms with Gasteiger partial charge in [0.15, 0.2) is 0 Å². The Hall–Kier alpha value is -6.46. The summed E-state index contributed by atoms with van der Waals surface area (Å²) in [6.07, 6.45) is 9.83. The van der Waals surface area contributed by atoms with Crippen molar-refractivity contribution >= 4 is 46.3 Å². The Kier molecular flexibility index (Phi) is 12.0. The predicted octanol–water partition coefficient (Wildman–Crippen LogP) is 5.51. The minimum atomic E-state index is -1.01. The monoisotopic (exact) mass is 859 g/mol. The van der Waals surface area contributed by atoms with E-state index in [-0.39, 0.29) is 48.0 Å². The van der Waals surface area contributed by atoms with Gasteiger partial charge in [-0.3, -0.25) is 48.8 Å². The molecule has 2 aromatic heterocycles. The summed E-state index contributed by atoms with van der Waals surface area (Å²) in [5, 5.41) is 10.1. The van der Waals surface area contributed by atoms with Crippen LogP contribution >= 0.6 is 0 Å². The van der Waals surface area contributed by atoms with E-state index in [0.717, 1.165) is 42.6 Å². The van der Waals surface area contributed by atoms with E-state index in [4.69, 9.17) is 9.72 Å². The average molecular weight is 860 g/mol. The number of hydrogen-bond acceptors (Lipinski definition) is 11. The fraction of sp³-hybridized carbons (Fsp3) is 0.391. The smallest absolute Gasteiger partial charge is 0.262 e. The fourth-order valence-electron chi connectivity index (χ4n) is 8.90. The molecule has 3 saturated heterocycles. The number of halogens is 2. The molecule has 5 amide bonds. The molecular weight excluding hydrogens is 813 g/mol. The summed E-state index contributed by atoms with van der Waals surface area (Å²) in [5.41, 5.74) is 4.62. The van der Waals surface area contributed by atoms with Gasteiger partial charge in [0.1, 0.15) is 17.7 Å². The lowest BCUT2D eigenvalue weighted by Crippen LogP contribution is -2.54. The van der Waals surface area contributed by atoms with Crippen LogP contribution in [0.25, 0.3) is 33.4 Å². The van der Waals surface area contributed by atoms with E-state index in [9.17, 15) is 24.0 Å². The molecule has 2 N–H and O–H groups in total. The lowest BCUT2D eigenvalue weighted by molar-refractivity contribution is -0.136. The number of anilines is 1. The van der Waals surface area contributed by atoms with Crippen molar-refractivity contribution in [2.24, 2.45) is 0 Å². The molecule has 0 bridgehead atoms. The second kappa shape index (κ2) is 18.1. The number of hydrogen-bond donors (Lipinski definition) is 2. The van der Waals surface area contributed by atoms with Gasteiger partial charge in [-0.15, -0.1) is 0 Å². The summed E-state index contributed by atoms with van der Waals surface area (Å²) in [6, 6.07) is 12.2. The van der Waals surface area contributed by atoms with Gasteiger partial charge >= 0.3 is 0 Å². The summed E-state index contributed by atoms with van der Waals surface area (Å²) in [4.78, 5) is 77.5. The maximum Gasteiger partial charge on any atom is 0.262 e. The molecule has 0 saturated carbocycles. The molecule has 9 rings (SSSR count). The molecule has 4 aliphatic heterocycles. The van der Waals surface area contributed by atoms with Crippen LogP contribution in [-0.2, 0) is 25.7 Å². The molecule has 1 unspecified atom stereocenters. The molecule has 3 aromatic carbocycles. The van der Waals surface area contributed by atoms with Crippen molar-refractivity contribution in [1.29, 1.82) is 0 Å². The number of unbranched alkanes of at least 4 members (excludes halogenated alkanes) is 2. The Morgan fingerprint density at radius 3 is 2.40 bits per heavy atom. The fourth-order valence-corrected chi connectivity index (χ4v) is 8.90. The first-order valence-corrected chi connectivity index (χ1v) is 21.6. The lowest BCUT2D eigenvalue weighted by atomic mass is 10.0. The van der Waals surface area contributed by atoms with Gasteiger partial charge in [0.25, 0.3) is 11.8 Å². The minimum absolute atomic E-state index is 0.0383. The van der Waals surface area contributed by atoms with Gasteiger partial charge in [-0.05, 0) is 74.1 Å². The van der Waals surface area contributed by atoms with E-state index in [1.165, 1.54) is 12.1 Å². The molecule has 0 aliphatic carbocycles. The van der Waals surface area contributed by atoms with Crippen molar-refractivity contribution in [2.45, 2.75) is 70.0 Å². The number of benzene rings is 3. The van der Waals surface area contributed by atoms with Gasteiger partial charge < -0.3 is 15.0 Å². The van der Waals surface area contributed by atoms with Gasteiger partial charge in [0.2, 0.25) is 17.7 Å². The Morgan fingerprint density at radius 2 is 1.62 bits per heavy atom. The van der Waals surface area contributed by atoms with Crippen LogP contribution in [0.15, 0.2) is 67.1 Å². The van der Waals surface area contributed by atoms with E-state index in [1.54, 1.807) is 42.7 Å². The number of morpholine rings is 1. The number of likely N-dealkylation sites (tertiary alicyclic amines) is 1. The van der Waals surface area contributed by atoms with Crippen molar-refractivity contribution in [2.75, 3.05) is 51.3 Å². The highest BCUT2D eigenvalue weighted by atomic mass is 19.1. The zero-order chi connectivity index (χ0) is 43.6. The SMILES string of the molecule is O=C1CCC(N2C(=O)c3ccc(NCCCCCC(=O)N4CCC(n5cc(-c6cnc7cccc(-c8cc(F)c(CN9CCOCC9)c(F)c8)c7n6)cn5)CC4)cc3C2=O)C(=O)N1. The van der Waals surface area contributed by atoms with E-state index < -0.39 is 41.3 Å². The maximum absolute atomic E-state index is 15.4. The molecule has 326 valence electrons. The molecule has 0 radical (unpaired) electrons. The number of nitrogens with one attached hydrogen (secondary N) is 2. The van der Waals surface area contributed by atoms with Crippen LogP contribution in [0.5, 0.6) is 0 Å². The number of para-hydroxylation sites is 1. The van der Waals surface area contributed by atoms with Crippen molar-refractivity contribution in [3.8, 4) is 22.4 Å². The Bertz CT molecular complexity index is 2580. The number of aromatic nitrogens is 4. The highest BCUT2D eigenvalue weighted by molar-refractivity contribution is 6.23. The molecule has 17 heteroatoms. The average Bonchev–Trinajstić information content (AvgIpc) is 3.88. The zero-order valence-electron chi connectivity index (χ0n) is 34.7. The first-order chi connectivity index (χ1) is 30.6. The zero-order valence-corrected chi connectivity index (χ0v) is 34.7. The number of piperidine rings is 2. The molecule has 6 heterocycles. The van der Waals surface area contributed by atoms with E-state index in [2.05, 4.69) is 20.7 Å². The van der Waals surface area contributed by atoms with Crippen LogP contribution in [0.3, 0.4) is 0 Å². The van der Waals surface area contributed by atoms with Crippen LogP contribution in [0.2, 0.25) is 0 Å². The first-order valence-electron chi connectivity index (χ1n) is 21.6. The summed E-state index contributed by atoms with van der Waals surface area (Å²) >= 11 is 0. The van der Waals surface area contributed by atoms with Gasteiger partial charge in [0, 0.05) is 80.7 Å². The van der Waals surface area contributed by atoms with Crippen molar-refractivity contribution in [1.82, 2.24) is 39.8 Å². The van der Waals surface area contributed by atoms with E-state index in [0.29, 0.717) is 85.9 Å². The van der Waals surface area contributed by atoms with Crippen molar-refractivity contribution in [3.63, 3.8) is 0 Å². The third kappa shape index (κ3) is 8.80. The molecule has 4 aliphatic rings. The van der Waals surface area contributed by atoms with E-state index in [1.807, 2.05) is 26.7 Å². The number of ether oxygens (including phenoxy) is 1. The number of nitrogens with zero attached hydrogens (tertiary/aromatic N) is 7. The summed E-state index contributed by atoms with van der Waals surface area (Å²) in [6.45, 7) is 4.36. The largest absolute Gasteiger partial charge is 0.385 e. The van der Waals surface area contributed by atoms with Crippen molar-refractivity contribution in [3.05, 3.63) is 95.4 Å². The van der Waals surface area contributed by atoms with Crippen LogP contribution < -0.4 is 10.6 Å². The molecule has 15 nitrogen and oxygen atoms in total. The summed E-state index contributed by atoms with van der Waals surface area (Å²) in [5.74, 6) is -3.23. The number of fused-ring (bicyclic) bond motifs is 2. The molecule has 5 aromatic rings. The van der Waals surface area contributed by atoms with Crippen LogP contribution in [0, 0.1) is 11.6 Å². The molecule has 1 atom stereocenters. The van der Waals surface area contributed by atoms with Crippen LogP contribution in [-0.4, -0.2) is 116 Å². The third-order valence-corrected chi connectivity index (χ3v) is 12.4. The topological polar surface area (TPSA) is 172 Å². The lowest BCUT2D eigenvalue weighted by Gasteiger charge is -2.32. The summed E-state index contributed by atoms with van der Waals surface area (Å²) < 4.78 is 38.1. The van der Waals surface area contributed by atoms with Gasteiger partial charge in [-0.2, -0.15) is 5.10 Å². The van der Waals surface area contributed by atoms with Crippen molar-refractivity contribution < 1.29 is 37.5 Å². The van der Waals surface area contributed by atoms with E-state index >= 15 is 8.78 Å². The molecule has 63 heavy (non-hydrogen) atoms. The highest BCUT2D eigenvalue weighted by Gasteiger charge is 2.44. The van der Waals surface area contributed by atoms with Gasteiger partial charge in [0.05, 0.1) is 59.5 Å². The Balaban J connectivity index is 0.739. The normalized spacial score (nSPS) is 18.6. The molecule has 0 spiro atoms. The van der Waals surface area contributed by atoms with Gasteiger partial charge in [-0.1, -0.05) is 18.6 Å². The number of carbonyl (C=O) groups excluding carboxylic acids is 5. The first kappa shape index (κ1) is 41.9. The second-order valence-electron chi connectivity index (χ2n) is 16.5. The summed E-state index contributed by atoms with van der Waals surface area (Å²) in [7, 11) is 0. The third-order valence-electron chi connectivity index (χ3n) is 12.4. The number of carbonyl (C=O) groups is 5. The number of rotatable bonds is 13. The van der Waals surface area contributed by atoms with Crippen LogP contribution in [0.4, 0.5) is 14.5 Å². The molecule has 3 fully saturated rings. The van der Waals surface area contributed by atoms with Crippen LogP contribution in [0.1, 0.15) is 83.7 Å². The molecular formula is C46H47F2N9O6. The number of amides is 5. The second-order valence-corrected chi connectivity index (χ2v) is 16.5. The van der Waals surface area contributed by atoms with Gasteiger partial charge in [-0.25, -0.2) is 13.8 Å². The standard InChI is InChI=1S/C46H47F2N9O6/c47-36-21-28(22-37(48)35(36)27-54-17-19-63-20-18-54)32-5-4-6-38-43(32)52-39(25-50-38)29-24-51-56(26-29)31-12-15-55(16-13-31)42(59)7-2-1-3-14-49-30-8-9-33-34(23-30)46(62)57(45(33)61)40-10-11-41(58)53-44(40)60/h4-6,8-9,21-26,31,40,49H,1-3,7,10-20,27H2,(H,53,58,60). The Labute approximate surface area is 361 Å². The highest BCUT2D eigenvalue weighted by Crippen LogP contribution is 2.33. The Morgan fingerprint density at radius 1 is 0.841 bits per heavy atom. The minimum Gasteiger partial charge on any atom is -0.385 e. The quantitative estimate of drug-likeness (QED) is 0.113. The maximum atomic E-state index is 15.4.